The zero-order valence-corrected chi connectivity index (χ0v) is 12.5. The van der Waals surface area contributed by atoms with Crippen LogP contribution < -0.4 is 0 Å². The van der Waals surface area contributed by atoms with E-state index in [1.807, 2.05) is 0 Å². The van der Waals surface area contributed by atoms with Crippen molar-refractivity contribution < 1.29 is 14.3 Å². The first-order valence-corrected chi connectivity index (χ1v) is 7.79. The van der Waals surface area contributed by atoms with Crippen molar-refractivity contribution >= 4 is 11.8 Å². The fraction of sp³-hybridized carbons (Fsp3) is 0.867. The number of ketones is 1. The van der Waals surface area contributed by atoms with E-state index in [4.69, 9.17) is 4.74 Å². The highest BCUT2D eigenvalue weighted by molar-refractivity contribution is 5.84. The van der Waals surface area contributed by atoms with E-state index in [1.54, 1.807) is 6.92 Å². The molecular weight excluding hydrogens is 256 g/mol. The number of hydrogen-bond acceptors (Lipinski definition) is 5. The minimum absolute atomic E-state index is 0.147. The van der Waals surface area contributed by atoms with Crippen molar-refractivity contribution in [1.82, 2.24) is 9.80 Å². The van der Waals surface area contributed by atoms with E-state index >= 15 is 0 Å². The standard InChI is InChI=1S/C15H26N2O3/c1-2-20-15(19)6-5-14(18)12-17-9-7-16(8-10-17)11-13-3-4-13/h13H,2-12H2,1H3. The first-order valence-electron chi connectivity index (χ1n) is 7.79. The summed E-state index contributed by atoms with van der Waals surface area (Å²) in [5.74, 6) is 0.816. The van der Waals surface area contributed by atoms with Gasteiger partial charge in [0.25, 0.3) is 0 Å². The van der Waals surface area contributed by atoms with Crippen molar-refractivity contribution in [1.29, 1.82) is 0 Å². The molecule has 0 spiro atoms. The average molecular weight is 282 g/mol. The van der Waals surface area contributed by atoms with Crippen molar-refractivity contribution in [2.75, 3.05) is 45.9 Å². The number of Topliss-reactive ketones (excluding diaryl/α,β-unsaturated/α-hetero) is 1. The van der Waals surface area contributed by atoms with Crippen LogP contribution in [0.4, 0.5) is 0 Å². The molecule has 2 aliphatic rings. The number of carbonyl (C=O) groups excluding carboxylic acids is 2. The Morgan fingerprint density at radius 3 is 2.30 bits per heavy atom. The van der Waals surface area contributed by atoms with Crippen LogP contribution in [0.2, 0.25) is 0 Å². The van der Waals surface area contributed by atoms with Crippen LogP contribution in [0.1, 0.15) is 32.6 Å². The van der Waals surface area contributed by atoms with Gasteiger partial charge in [0.1, 0.15) is 5.78 Å². The second-order valence-electron chi connectivity index (χ2n) is 5.86. The molecule has 0 amide bonds. The van der Waals surface area contributed by atoms with Crippen LogP contribution >= 0.6 is 0 Å². The lowest BCUT2D eigenvalue weighted by atomic mass is 10.2. The molecule has 1 heterocycles. The molecule has 2 fully saturated rings. The topological polar surface area (TPSA) is 49.9 Å². The van der Waals surface area contributed by atoms with Crippen molar-refractivity contribution in [3.8, 4) is 0 Å². The molecule has 0 N–H and O–H groups in total. The van der Waals surface area contributed by atoms with Gasteiger partial charge in [0.15, 0.2) is 0 Å². The number of carbonyl (C=O) groups is 2. The highest BCUT2D eigenvalue weighted by Gasteiger charge is 2.26. The van der Waals surface area contributed by atoms with Crippen LogP contribution in [0.3, 0.4) is 0 Å². The first-order chi connectivity index (χ1) is 9.67. The van der Waals surface area contributed by atoms with Gasteiger partial charge >= 0.3 is 5.97 Å². The molecule has 1 saturated heterocycles. The number of rotatable bonds is 8. The summed E-state index contributed by atoms with van der Waals surface area (Å²) in [7, 11) is 0. The summed E-state index contributed by atoms with van der Waals surface area (Å²) < 4.78 is 4.83. The Bertz CT molecular complexity index is 334. The molecule has 1 aliphatic heterocycles. The van der Waals surface area contributed by atoms with Gasteiger partial charge in [0, 0.05) is 39.1 Å². The van der Waals surface area contributed by atoms with E-state index < -0.39 is 0 Å². The van der Waals surface area contributed by atoms with E-state index in [0.29, 0.717) is 19.6 Å². The lowest BCUT2D eigenvalue weighted by Gasteiger charge is -2.34. The number of piperazine rings is 1. The Labute approximate surface area is 121 Å². The van der Waals surface area contributed by atoms with Crippen LogP contribution in [-0.4, -0.2) is 67.4 Å². The molecule has 0 bridgehead atoms. The molecule has 2 rings (SSSR count). The van der Waals surface area contributed by atoms with Gasteiger partial charge in [-0.2, -0.15) is 0 Å². The van der Waals surface area contributed by atoms with Gasteiger partial charge in [-0.3, -0.25) is 14.5 Å². The summed E-state index contributed by atoms with van der Waals surface area (Å²) in [6.45, 7) is 7.97. The number of esters is 1. The minimum atomic E-state index is -0.268. The van der Waals surface area contributed by atoms with Gasteiger partial charge in [-0.05, 0) is 25.7 Å². The van der Waals surface area contributed by atoms with Crippen molar-refractivity contribution in [2.24, 2.45) is 5.92 Å². The molecule has 1 aliphatic carbocycles. The summed E-state index contributed by atoms with van der Waals surface area (Å²) in [4.78, 5) is 27.7. The van der Waals surface area contributed by atoms with Crippen LogP contribution in [0.25, 0.3) is 0 Å². The zero-order valence-electron chi connectivity index (χ0n) is 12.5. The Hall–Kier alpha value is -0.940. The summed E-state index contributed by atoms with van der Waals surface area (Å²) in [6, 6.07) is 0. The molecule has 0 unspecified atom stereocenters. The van der Waals surface area contributed by atoms with Crippen molar-refractivity contribution in [3.63, 3.8) is 0 Å². The van der Waals surface area contributed by atoms with Gasteiger partial charge < -0.3 is 9.64 Å². The molecule has 0 aromatic rings. The average Bonchev–Trinajstić information content (AvgIpc) is 3.23. The van der Waals surface area contributed by atoms with Crippen LogP contribution in [-0.2, 0) is 14.3 Å². The Morgan fingerprint density at radius 1 is 1.05 bits per heavy atom. The fourth-order valence-corrected chi connectivity index (χ4v) is 2.60. The highest BCUT2D eigenvalue weighted by Crippen LogP contribution is 2.29. The normalized spacial score (nSPS) is 20.9. The van der Waals surface area contributed by atoms with E-state index in [9.17, 15) is 9.59 Å². The maximum Gasteiger partial charge on any atom is 0.306 e. The summed E-state index contributed by atoms with van der Waals surface area (Å²) >= 11 is 0. The third kappa shape index (κ3) is 5.59. The molecule has 0 radical (unpaired) electrons. The van der Waals surface area contributed by atoms with Gasteiger partial charge in [-0.25, -0.2) is 0 Å². The molecule has 20 heavy (non-hydrogen) atoms. The van der Waals surface area contributed by atoms with Gasteiger partial charge in [-0.15, -0.1) is 0 Å². The van der Waals surface area contributed by atoms with Crippen LogP contribution in [0.5, 0.6) is 0 Å². The smallest absolute Gasteiger partial charge is 0.306 e. The zero-order chi connectivity index (χ0) is 14.4. The molecule has 5 nitrogen and oxygen atoms in total. The molecular formula is C15H26N2O3. The number of hydrogen-bond donors (Lipinski definition) is 0. The Morgan fingerprint density at radius 2 is 1.70 bits per heavy atom. The van der Waals surface area contributed by atoms with E-state index in [-0.39, 0.29) is 18.2 Å². The molecule has 5 heteroatoms. The van der Waals surface area contributed by atoms with Crippen LogP contribution in [0, 0.1) is 5.92 Å². The van der Waals surface area contributed by atoms with Crippen molar-refractivity contribution in [2.45, 2.75) is 32.6 Å². The van der Waals surface area contributed by atoms with Gasteiger partial charge in [0.2, 0.25) is 0 Å². The van der Waals surface area contributed by atoms with E-state index in [1.165, 1.54) is 19.4 Å². The molecule has 1 saturated carbocycles. The first kappa shape index (κ1) is 15.4. The summed E-state index contributed by atoms with van der Waals surface area (Å²) in [6.07, 6.45) is 3.31. The lowest BCUT2D eigenvalue weighted by molar-refractivity contribution is -0.144. The highest BCUT2D eigenvalue weighted by atomic mass is 16.5. The summed E-state index contributed by atoms with van der Waals surface area (Å²) in [5, 5.41) is 0. The molecule has 114 valence electrons. The SMILES string of the molecule is CCOC(=O)CCC(=O)CN1CCN(CC2CC2)CC1. The fourth-order valence-electron chi connectivity index (χ4n) is 2.60. The van der Waals surface area contributed by atoms with E-state index in [0.717, 1.165) is 32.1 Å². The quantitative estimate of drug-likeness (QED) is 0.620. The maximum atomic E-state index is 11.8. The lowest BCUT2D eigenvalue weighted by Crippen LogP contribution is -2.48. The number of ether oxygens (including phenoxy) is 1. The predicted molar refractivity (Wildman–Crippen MR) is 76.5 cm³/mol. The molecule has 0 atom stereocenters. The second kappa shape index (κ2) is 7.74. The molecule has 0 aromatic heterocycles. The summed E-state index contributed by atoms with van der Waals surface area (Å²) in [5.41, 5.74) is 0. The molecule has 0 aromatic carbocycles. The van der Waals surface area contributed by atoms with Crippen LogP contribution in [0.15, 0.2) is 0 Å². The third-order valence-corrected chi connectivity index (χ3v) is 3.99. The Balaban J connectivity index is 1.57. The van der Waals surface area contributed by atoms with E-state index in [2.05, 4.69) is 9.80 Å². The third-order valence-electron chi connectivity index (χ3n) is 3.99. The monoisotopic (exact) mass is 282 g/mol. The van der Waals surface area contributed by atoms with Gasteiger partial charge in [-0.1, -0.05) is 0 Å². The Kier molecular flexibility index (Phi) is 5.98. The number of nitrogens with zero attached hydrogens (tertiary/aromatic N) is 2. The largest absolute Gasteiger partial charge is 0.466 e. The van der Waals surface area contributed by atoms with Gasteiger partial charge in [0.05, 0.1) is 19.6 Å². The van der Waals surface area contributed by atoms with Crippen molar-refractivity contribution in [3.05, 3.63) is 0 Å². The predicted octanol–water partition coefficient (Wildman–Crippen LogP) is 0.926. The second-order valence-corrected chi connectivity index (χ2v) is 5.86. The maximum absolute atomic E-state index is 11.8. The minimum Gasteiger partial charge on any atom is -0.466 e.